The molecule has 23 heavy (non-hydrogen) atoms. The summed E-state index contributed by atoms with van der Waals surface area (Å²) in [4.78, 5) is 4.07. The number of nitrogens with two attached hydrogens (primary N) is 1. The minimum absolute atomic E-state index is 0.506. The van der Waals surface area contributed by atoms with Gasteiger partial charge in [0.05, 0.1) is 12.8 Å². The minimum atomic E-state index is 0.506. The summed E-state index contributed by atoms with van der Waals surface area (Å²) in [6, 6.07) is 8.18. The Bertz CT molecular complexity index is 595. The van der Waals surface area contributed by atoms with E-state index >= 15 is 0 Å². The van der Waals surface area contributed by atoms with Crippen molar-refractivity contribution in [3.63, 3.8) is 0 Å². The van der Waals surface area contributed by atoms with Gasteiger partial charge in [-0.3, -0.25) is 5.43 Å². The summed E-state index contributed by atoms with van der Waals surface area (Å²) in [5.41, 5.74) is 10.6. The number of aromatic nitrogens is 1. The molecule has 0 saturated carbocycles. The number of anilines is 2. The molecule has 1 aromatic carbocycles. The molecule has 5 nitrogen and oxygen atoms in total. The van der Waals surface area contributed by atoms with Crippen LogP contribution in [-0.2, 0) is 11.3 Å². The number of benzene rings is 1. The van der Waals surface area contributed by atoms with Crippen LogP contribution < -0.4 is 11.2 Å². The third kappa shape index (κ3) is 6.80. The normalized spacial score (nSPS) is 11.2. The van der Waals surface area contributed by atoms with E-state index in [1.165, 1.54) is 36.2 Å². The first-order valence-corrected chi connectivity index (χ1v) is 8.82. The first kappa shape index (κ1) is 17.4. The summed E-state index contributed by atoms with van der Waals surface area (Å²) in [5, 5.41) is 6.60. The van der Waals surface area contributed by atoms with E-state index in [4.69, 9.17) is 10.5 Å². The van der Waals surface area contributed by atoms with E-state index in [1.807, 2.05) is 12.1 Å². The number of unbranched alkanes of at least 4 members (excludes halogenated alkanes) is 3. The molecule has 0 atom stereocenters. The molecule has 124 valence electrons. The molecule has 0 radical (unpaired) electrons. The molecule has 0 fully saturated rings. The molecule has 0 aliphatic heterocycles. The fraction of sp³-hybridized carbons (Fsp3) is 0.412. The highest BCUT2D eigenvalue weighted by molar-refractivity contribution is 7.14. The van der Waals surface area contributed by atoms with Gasteiger partial charge in [-0.25, -0.2) is 4.98 Å². The van der Waals surface area contributed by atoms with Gasteiger partial charge in [-0.1, -0.05) is 50.5 Å². The summed E-state index contributed by atoms with van der Waals surface area (Å²) in [6.45, 7) is 3.72. The summed E-state index contributed by atoms with van der Waals surface area (Å²) < 4.78 is 5.68. The molecule has 3 N–H and O–H groups in total. The predicted molar refractivity (Wildman–Crippen MR) is 98.0 cm³/mol. The quantitative estimate of drug-likeness (QED) is 0.387. The number of hydrazone groups is 1. The van der Waals surface area contributed by atoms with Crippen molar-refractivity contribution in [3.8, 4) is 0 Å². The highest BCUT2D eigenvalue weighted by Crippen LogP contribution is 2.16. The highest BCUT2D eigenvalue weighted by Gasteiger charge is 1.96. The van der Waals surface area contributed by atoms with Crippen LogP contribution in [0, 0.1) is 0 Å². The van der Waals surface area contributed by atoms with Crippen LogP contribution in [0.4, 0.5) is 10.9 Å². The van der Waals surface area contributed by atoms with Crippen molar-refractivity contribution < 1.29 is 4.74 Å². The molecule has 1 aromatic heterocycles. The second kappa shape index (κ2) is 9.97. The van der Waals surface area contributed by atoms with Crippen LogP contribution in [0.5, 0.6) is 0 Å². The topological polar surface area (TPSA) is 72.5 Å². The maximum Gasteiger partial charge on any atom is 0.205 e. The number of ether oxygens (including phenoxy) is 1. The number of rotatable bonds is 10. The summed E-state index contributed by atoms with van der Waals surface area (Å²) in [6.07, 6.45) is 6.70. The Morgan fingerprint density at radius 3 is 2.78 bits per heavy atom. The average molecular weight is 332 g/mol. The van der Waals surface area contributed by atoms with E-state index < -0.39 is 0 Å². The Kier molecular flexibility index (Phi) is 7.56. The van der Waals surface area contributed by atoms with Gasteiger partial charge in [-0.2, -0.15) is 5.10 Å². The van der Waals surface area contributed by atoms with Gasteiger partial charge in [-0.15, -0.1) is 11.3 Å². The molecule has 0 aliphatic rings. The molecule has 0 unspecified atom stereocenters. The van der Waals surface area contributed by atoms with Gasteiger partial charge < -0.3 is 10.5 Å². The maximum atomic E-state index is 5.68. The first-order chi connectivity index (χ1) is 11.3. The Balaban J connectivity index is 1.69. The van der Waals surface area contributed by atoms with Gasteiger partial charge >= 0.3 is 0 Å². The lowest BCUT2D eigenvalue weighted by atomic mass is 10.1. The van der Waals surface area contributed by atoms with E-state index in [9.17, 15) is 0 Å². The minimum Gasteiger partial charge on any atom is -0.383 e. The van der Waals surface area contributed by atoms with Crippen LogP contribution in [0.3, 0.4) is 0 Å². The molecule has 6 heteroatoms. The van der Waals surface area contributed by atoms with Crippen molar-refractivity contribution >= 4 is 28.5 Å². The van der Waals surface area contributed by atoms with Gasteiger partial charge in [0.25, 0.3) is 0 Å². The van der Waals surface area contributed by atoms with E-state index in [-0.39, 0.29) is 0 Å². The van der Waals surface area contributed by atoms with E-state index in [0.717, 1.165) is 18.6 Å². The van der Waals surface area contributed by atoms with Crippen LogP contribution in [-0.4, -0.2) is 17.8 Å². The van der Waals surface area contributed by atoms with Crippen molar-refractivity contribution in [2.75, 3.05) is 17.8 Å². The van der Waals surface area contributed by atoms with Gasteiger partial charge in [0, 0.05) is 12.0 Å². The van der Waals surface area contributed by atoms with E-state index in [0.29, 0.717) is 17.6 Å². The van der Waals surface area contributed by atoms with Crippen LogP contribution in [0.25, 0.3) is 0 Å². The van der Waals surface area contributed by atoms with Gasteiger partial charge in [0.2, 0.25) is 5.13 Å². The largest absolute Gasteiger partial charge is 0.383 e. The number of hydrogen-bond acceptors (Lipinski definition) is 6. The fourth-order valence-electron chi connectivity index (χ4n) is 2.02. The van der Waals surface area contributed by atoms with Gasteiger partial charge in [-0.05, 0) is 17.5 Å². The molecule has 0 bridgehead atoms. The molecule has 0 amide bonds. The number of thiazole rings is 1. The van der Waals surface area contributed by atoms with Crippen LogP contribution in [0.2, 0.25) is 0 Å². The summed E-state index contributed by atoms with van der Waals surface area (Å²) >= 11 is 1.43. The third-order valence-electron chi connectivity index (χ3n) is 3.29. The standard InChI is InChI=1S/C17H24N4OS/c1-2-3-4-5-10-22-12-15-8-6-14(7-9-15)11-19-21-17-20-16(18)13-23-17/h6-9,11,13H,2-5,10,12,18H2,1H3,(H,20,21). The number of nitrogens with zero attached hydrogens (tertiary/aromatic N) is 2. The molecule has 2 aromatic rings. The molecule has 0 aliphatic carbocycles. The predicted octanol–water partition coefficient (Wildman–Crippen LogP) is 4.27. The summed E-state index contributed by atoms with van der Waals surface area (Å²) in [5.74, 6) is 0.506. The third-order valence-corrected chi connectivity index (χ3v) is 4.05. The monoisotopic (exact) mass is 332 g/mol. The first-order valence-electron chi connectivity index (χ1n) is 7.94. The lowest BCUT2D eigenvalue weighted by Crippen LogP contribution is -1.96. The lowest BCUT2D eigenvalue weighted by molar-refractivity contribution is 0.117. The van der Waals surface area contributed by atoms with Crippen molar-refractivity contribution in [1.29, 1.82) is 0 Å². The molecule has 2 rings (SSSR count). The van der Waals surface area contributed by atoms with Crippen LogP contribution in [0.1, 0.15) is 43.7 Å². The number of nitrogen functional groups attached to an aromatic ring is 1. The number of hydrogen-bond donors (Lipinski definition) is 2. The average Bonchev–Trinajstić information content (AvgIpc) is 2.97. The van der Waals surface area contributed by atoms with Gasteiger partial charge in [0.1, 0.15) is 5.82 Å². The van der Waals surface area contributed by atoms with Crippen molar-refractivity contribution in [2.45, 2.75) is 39.2 Å². The van der Waals surface area contributed by atoms with Crippen LogP contribution >= 0.6 is 11.3 Å². The van der Waals surface area contributed by atoms with Gasteiger partial charge in [0.15, 0.2) is 0 Å². The Morgan fingerprint density at radius 1 is 1.26 bits per heavy atom. The van der Waals surface area contributed by atoms with E-state index in [1.54, 1.807) is 11.6 Å². The van der Waals surface area contributed by atoms with E-state index in [2.05, 4.69) is 34.6 Å². The second-order valence-electron chi connectivity index (χ2n) is 5.30. The smallest absolute Gasteiger partial charge is 0.205 e. The number of nitrogens with one attached hydrogen (secondary N) is 1. The highest BCUT2D eigenvalue weighted by atomic mass is 32.1. The zero-order chi connectivity index (χ0) is 16.3. The SMILES string of the molecule is CCCCCCOCc1ccc(C=NNc2nc(N)cs2)cc1. The zero-order valence-corrected chi connectivity index (χ0v) is 14.3. The molecule has 1 heterocycles. The molecular formula is C17H24N4OS. The lowest BCUT2D eigenvalue weighted by Gasteiger charge is -2.04. The van der Waals surface area contributed by atoms with Crippen molar-refractivity contribution in [1.82, 2.24) is 4.98 Å². The van der Waals surface area contributed by atoms with Crippen molar-refractivity contribution in [2.24, 2.45) is 5.10 Å². The molecule has 0 saturated heterocycles. The van der Waals surface area contributed by atoms with Crippen LogP contribution in [0.15, 0.2) is 34.7 Å². The maximum absolute atomic E-state index is 5.68. The zero-order valence-electron chi connectivity index (χ0n) is 13.5. The Hall–Kier alpha value is -1.92. The molecular weight excluding hydrogens is 308 g/mol. The molecule has 0 spiro atoms. The summed E-state index contributed by atoms with van der Waals surface area (Å²) in [7, 11) is 0. The second-order valence-corrected chi connectivity index (χ2v) is 6.16. The van der Waals surface area contributed by atoms with Crippen molar-refractivity contribution in [3.05, 3.63) is 40.8 Å². The Morgan fingerprint density at radius 2 is 2.09 bits per heavy atom. The Labute approximate surface area is 141 Å². The fourth-order valence-corrected chi connectivity index (χ4v) is 2.57.